The van der Waals surface area contributed by atoms with E-state index in [9.17, 15) is 4.79 Å². The molecule has 0 aromatic carbocycles. The molecule has 1 aliphatic heterocycles. The molecular weight excluding hydrogens is 222 g/mol. The first-order valence-electron chi connectivity index (χ1n) is 5.81. The number of nitrogens with one attached hydrogen (secondary N) is 2. The second kappa shape index (κ2) is 6.13. The quantitative estimate of drug-likeness (QED) is 0.787. The number of carbonyl (C=O) groups excluding carboxylic acids is 1. The van der Waals surface area contributed by atoms with E-state index in [4.69, 9.17) is 0 Å². The number of carbonyl (C=O) groups is 1. The zero-order valence-electron chi connectivity index (χ0n) is 10.4. The molecule has 1 rings (SSSR count). The Balaban J connectivity index is 2.50. The number of aliphatic imine (C=N–C) groups is 1. The summed E-state index contributed by atoms with van der Waals surface area (Å²) in [5, 5.41) is 7.42. The Hall–Kier alpha value is -0.710. The van der Waals surface area contributed by atoms with Gasteiger partial charge in [-0.25, -0.2) is 0 Å². The van der Waals surface area contributed by atoms with Gasteiger partial charge in [0.2, 0.25) is 5.91 Å². The van der Waals surface area contributed by atoms with E-state index in [0.717, 1.165) is 11.6 Å². The van der Waals surface area contributed by atoms with E-state index in [-0.39, 0.29) is 11.9 Å². The van der Waals surface area contributed by atoms with Gasteiger partial charge < -0.3 is 10.6 Å². The third-order valence-corrected chi connectivity index (χ3v) is 3.45. The van der Waals surface area contributed by atoms with E-state index in [1.54, 1.807) is 11.8 Å². The minimum absolute atomic E-state index is 0.0247. The summed E-state index contributed by atoms with van der Waals surface area (Å²) in [6.45, 7) is 8.74. The van der Waals surface area contributed by atoms with Crippen molar-refractivity contribution < 1.29 is 4.79 Å². The van der Waals surface area contributed by atoms with Gasteiger partial charge in [0.05, 0.1) is 6.04 Å². The summed E-state index contributed by atoms with van der Waals surface area (Å²) in [4.78, 5) is 16.0. The lowest BCUT2D eigenvalue weighted by Gasteiger charge is -2.25. The van der Waals surface area contributed by atoms with Gasteiger partial charge in [-0.2, -0.15) is 0 Å². The molecule has 0 spiro atoms. The van der Waals surface area contributed by atoms with E-state index in [1.807, 2.05) is 13.8 Å². The van der Waals surface area contributed by atoms with Crippen molar-refractivity contribution in [3.8, 4) is 0 Å². The van der Waals surface area contributed by atoms with Gasteiger partial charge in [0.1, 0.15) is 6.04 Å². The van der Waals surface area contributed by atoms with E-state index in [0.29, 0.717) is 17.8 Å². The van der Waals surface area contributed by atoms with Crippen LogP contribution in [-0.2, 0) is 4.79 Å². The lowest BCUT2D eigenvalue weighted by atomic mass is 10.2. The zero-order valence-corrected chi connectivity index (χ0v) is 11.2. The molecule has 2 N–H and O–H groups in total. The molecule has 0 aliphatic carbocycles. The molecular formula is C11H21N3OS. The minimum atomic E-state index is -0.219. The Morgan fingerprint density at radius 3 is 2.88 bits per heavy atom. The second-order valence-electron chi connectivity index (χ2n) is 4.21. The van der Waals surface area contributed by atoms with Gasteiger partial charge in [0.15, 0.2) is 5.17 Å². The lowest BCUT2D eigenvalue weighted by Crippen LogP contribution is -2.45. The highest BCUT2D eigenvalue weighted by Crippen LogP contribution is 2.23. The van der Waals surface area contributed by atoms with Crippen LogP contribution < -0.4 is 10.6 Å². The average Bonchev–Trinajstić information content (AvgIpc) is 2.16. The SMILES string of the molecule is CCNC(=O)C(C)NC1=NC(C)CC(C)S1. The Morgan fingerprint density at radius 1 is 1.62 bits per heavy atom. The van der Waals surface area contributed by atoms with Gasteiger partial charge in [0, 0.05) is 11.8 Å². The number of amides is 1. The van der Waals surface area contributed by atoms with Crippen LogP contribution in [0, 0.1) is 0 Å². The molecule has 1 amide bonds. The smallest absolute Gasteiger partial charge is 0.242 e. The second-order valence-corrected chi connectivity index (χ2v) is 5.64. The fraction of sp³-hybridized carbons (Fsp3) is 0.818. The van der Waals surface area contributed by atoms with E-state index in [2.05, 4.69) is 29.5 Å². The zero-order chi connectivity index (χ0) is 12.1. The van der Waals surface area contributed by atoms with Gasteiger partial charge in [-0.1, -0.05) is 18.7 Å². The summed E-state index contributed by atoms with van der Waals surface area (Å²) in [6.07, 6.45) is 1.10. The molecule has 0 aromatic heterocycles. The number of hydrogen-bond acceptors (Lipinski definition) is 4. The average molecular weight is 243 g/mol. The molecule has 1 aliphatic rings. The highest BCUT2D eigenvalue weighted by molar-refractivity contribution is 8.14. The number of likely N-dealkylation sites (N-methyl/N-ethyl adjacent to an activating group) is 1. The number of thioether (sulfide) groups is 1. The van der Waals surface area contributed by atoms with Crippen LogP contribution in [0.1, 0.15) is 34.1 Å². The van der Waals surface area contributed by atoms with Crippen LogP contribution in [0.2, 0.25) is 0 Å². The molecule has 0 saturated carbocycles. The van der Waals surface area contributed by atoms with Crippen LogP contribution in [-0.4, -0.2) is 35.0 Å². The van der Waals surface area contributed by atoms with Crippen molar-refractivity contribution in [1.29, 1.82) is 0 Å². The molecule has 3 unspecified atom stereocenters. The van der Waals surface area contributed by atoms with Crippen molar-refractivity contribution in [3.05, 3.63) is 0 Å². The van der Waals surface area contributed by atoms with Gasteiger partial charge >= 0.3 is 0 Å². The summed E-state index contributed by atoms with van der Waals surface area (Å²) in [5.41, 5.74) is 0. The van der Waals surface area contributed by atoms with Crippen molar-refractivity contribution in [2.24, 2.45) is 4.99 Å². The van der Waals surface area contributed by atoms with Crippen molar-refractivity contribution in [3.63, 3.8) is 0 Å². The van der Waals surface area contributed by atoms with E-state index >= 15 is 0 Å². The molecule has 0 saturated heterocycles. The third-order valence-electron chi connectivity index (χ3n) is 2.41. The standard InChI is InChI=1S/C11H21N3OS/c1-5-12-10(15)9(4)14-11-13-7(2)6-8(3)16-11/h7-9H,5-6H2,1-4H3,(H,12,15)(H,13,14). The van der Waals surface area contributed by atoms with Crippen molar-refractivity contribution in [2.75, 3.05) is 6.54 Å². The summed E-state index contributed by atoms with van der Waals surface area (Å²) in [5.74, 6) is 0.0247. The van der Waals surface area contributed by atoms with Crippen LogP contribution in [0.3, 0.4) is 0 Å². The Morgan fingerprint density at radius 2 is 2.31 bits per heavy atom. The topological polar surface area (TPSA) is 53.5 Å². The van der Waals surface area contributed by atoms with Gasteiger partial charge in [-0.05, 0) is 27.2 Å². The number of hydrogen-bond donors (Lipinski definition) is 2. The minimum Gasteiger partial charge on any atom is -0.355 e. The number of amidine groups is 1. The molecule has 3 atom stereocenters. The van der Waals surface area contributed by atoms with Crippen LogP contribution >= 0.6 is 11.8 Å². The Kier molecular flexibility index (Phi) is 5.12. The van der Waals surface area contributed by atoms with Crippen molar-refractivity contribution in [2.45, 2.75) is 51.4 Å². The number of rotatable bonds is 3. The van der Waals surface area contributed by atoms with E-state index < -0.39 is 0 Å². The highest BCUT2D eigenvalue weighted by Gasteiger charge is 2.21. The fourth-order valence-corrected chi connectivity index (χ4v) is 2.89. The first kappa shape index (κ1) is 13.4. The molecule has 16 heavy (non-hydrogen) atoms. The first-order valence-corrected chi connectivity index (χ1v) is 6.69. The molecule has 1 heterocycles. The van der Waals surface area contributed by atoms with Crippen LogP contribution in [0.4, 0.5) is 0 Å². The summed E-state index contributed by atoms with van der Waals surface area (Å²) < 4.78 is 0. The largest absolute Gasteiger partial charge is 0.355 e. The molecule has 0 radical (unpaired) electrons. The Bertz CT molecular complexity index is 280. The maximum absolute atomic E-state index is 11.5. The molecule has 5 heteroatoms. The summed E-state index contributed by atoms with van der Waals surface area (Å²) in [7, 11) is 0. The predicted octanol–water partition coefficient (Wildman–Crippen LogP) is 1.37. The molecule has 92 valence electrons. The van der Waals surface area contributed by atoms with Crippen molar-refractivity contribution >= 4 is 22.8 Å². The summed E-state index contributed by atoms with van der Waals surface area (Å²) >= 11 is 1.71. The highest BCUT2D eigenvalue weighted by atomic mass is 32.2. The lowest BCUT2D eigenvalue weighted by molar-refractivity contribution is -0.122. The molecule has 0 fully saturated rings. The first-order chi connectivity index (χ1) is 7.52. The van der Waals surface area contributed by atoms with Gasteiger partial charge in [-0.3, -0.25) is 9.79 Å². The fourth-order valence-electron chi connectivity index (χ4n) is 1.65. The van der Waals surface area contributed by atoms with Crippen LogP contribution in [0.5, 0.6) is 0 Å². The Labute approximate surface area is 102 Å². The predicted molar refractivity (Wildman–Crippen MR) is 69.8 cm³/mol. The van der Waals surface area contributed by atoms with Crippen LogP contribution in [0.25, 0.3) is 0 Å². The molecule has 0 bridgehead atoms. The maximum atomic E-state index is 11.5. The summed E-state index contributed by atoms with van der Waals surface area (Å²) in [6, 6.07) is 0.129. The van der Waals surface area contributed by atoms with Crippen LogP contribution in [0.15, 0.2) is 4.99 Å². The van der Waals surface area contributed by atoms with Crippen molar-refractivity contribution in [1.82, 2.24) is 10.6 Å². The van der Waals surface area contributed by atoms with Gasteiger partial charge in [0.25, 0.3) is 0 Å². The normalized spacial score (nSPS) is 26.9. The maximum Gasteiger partial charge on any atom is 0.242 e. The number of nitrogens with zero attached hydrogens (tertiary/aromatic N) is 1. The van der Waals surface area contributed by atoms with Gasteiger partial charge in [-0.15, -0.1) is 0 Å². The molecule has 0 aromatic rings. The third kappa shape index (κ3) is 4.04. The van der Waals surface area contributed by atoms with E-state index in [1.165, 1.54) is 0 Å². The monoisotopic (exact) mass is 243 g/mol. The molecule has 4 nitrogen and oxygen atoms in total.